The molecule has 0 spiro atoms. The Bertz CT molecular complexity index is 1340. The number of piperidine rings is 1. The molecule has 0 unspecified atom stereocenters. The minimum atomic E-state index is -0.507. The number of hydrogen-bond acceptors (Lipinski definition) is 6. The summed E-state index contributed by atoms with van der Waals surface area (Å²) in [6.45, 7) is 0.792. The molecule has 10 nitrogen and oxygen atoms in total. The number of aromatic nitrogens is 4. The molecule has 0 aromatic carbocycles. The first kappa shape index (κ1) is 25.1. The van der Waals surface area contributed by atoms with Crippen LogP contribution in [-0.2, 0) is 16.1 Å². The Morgan fingerprint density at radius 1 is 1.14 bits per heavy atom. The number of rotatable bonds is 6. The van der Waals surface area contributed by atoms with Gasteiger partial charge in [-0.3, -0.25) is 14.4 Å². The summed E-state index contributed by atoms with van der Waals surface area (Å²) in [6, 6.07) is 4.42. The van der Waals surface area contributed by atoms with Gasteiger partial charge < -0.3 is 19.5 Å². The fraction of sp³-hybridized carbons (Fsp3) is 0.500. The van der Waals surface area contributed by atoms with Crippen LogP contribution < -0.4 is 10.9 Å². The van der Waals surface area contributed by atoms with Gasteiger partial charge in [-0.1, -0.05) is 19.3 Å². The number of carbonyl (C=O) groups is 2. The summed E-state index contributed by atoms with van der Waals surface area (Å²) >= 11 is 0. The molecular weight excluding hydrogens is 479 g/mol. The van der Waals surface area contributed by atoms with Gasteiger partial charge in [0, 0.05) is 38.4 Å². The Morgan fingerprint density at radius 3 is 2.57 bits per heavy atom. The second-order valence-electron chi connectivity index (χ2n) is 9.79. The molecule has 2 fully saturated rings. The number of nitrogens with zero attached hydrogens (tertiary/aromatic N) is 5. The lowest BCUT2D eigenvalue weighted by Gasteiger charge is -2.31. The number of carbonyl (C=O) groups excluding carboxylic acids is 2. The molecule has 0 atom stereocenters. The van der Waals surface area contributed by atoms with E-state index in [2.05, 4.69) is 15.4 Å². The number of pyridine rings is 1. The number of fused-ring (bicyclic) bond motifs is 1. The molecule has 4 heterocycles. The molecule has 11 heteroatoms. The van der Waals surface area contributed by atoms with Crippen LogP contribution in [-0.4, -0.2) is 62.2 Å². The average molecular weight is 511 g/mol. The summed E-state index contributed by atoms with van der Waals surface area (Å²) in [5, 5.41) is 7.25. The maximum atomic E-state index is 13.5. The zero-order valence-corrected chi connectivity index (χ0v) is 20.9. The van der Waals surface area contributed by atoms with Gasteiger partial charge in [0.1, 0.15) is 29.4 Å². The van der Waals surface area contributed by atoms with Crippen LogP contribution in [0.1, 0.15) is 66.9 Å². The van der Waals surface area contributed by atoms with Gasteiger partial charge in [-0.05, 0) is 37.8 Å². The Kier molecular flexibility index (Phi) is 7.31. The van der Waals surface area contributed by atoms with Gasteiger partial charge in [-0.2, -0.15) is 9.61 Å². The molecule has 1 aliphatic heterocycles. The lowest BCUT2D eigenvalue weighted by atomic mass is 9.87. The van der Waals surface area contributed by atoms with E-state index in [1.165, 1.54) is 29.3 Å². The molecule has 2 amide bonds. The highest BCUT2D eigenvalue weighted by molar-refractivity contribution is 5.94. The molecule has 0 bridgehead atoms. The first-order valence-corrected chi connectivity index (χ1v) is 12.8. The average Bonchev–Trinajstić information content (AvgIpc) is 3.38. The Morgan fingerprint density at radius 2 is 1.89 bits per heavy atom. The number of anilines is 1. The smallest absolute Gasteiger partial charge is 0.287 e. The summed E-state index contributed by atoms with van der Waals surface area (Å²) in [5.74, 6) is -0.870. The quantitative estimate of drug-likeness (QED) is 0.546. The number of methoxy groups -OCH3 is 1. The molecule has 5 rings (SSSR count). The molecule has 3 aromatic rings. The lowest BCUT2D eigenvalue weighted by Crippen LogP contribution is -2.43. The second kappa shape index (κ2) is 10.8. The van der Waals surface area contributed by atoms with Crippen LogP contribution in [0.3, 0.4) is 0 Å². The number of likely N-dealkylation sites (tertiary alicyclic amines) is 1. The van der Waals surface area contributed by atoms with Gasteiger partial charge in [0.2, 0.25) is 5.91 Å². The highest BCUT2D eigenvalue weighted by atomic mass is 19.1. The third kappa shape index (κ3) is 5.41. The van der Waals surface area contributed by atoms with Crippen LogP contribution in [0.15, 0.2) is 35.4 Å². The van der Waals surface area contributed by atoms with Gasteiger partial charge in [0.15, 0.2) is 0 Å². The van der Waals surface area contributed by atoms with Crippen molar-refractivity contribution in [1.29, 1.82) is 0 Å². The molecule has 2 aliphatic rings. The van der Waals surface area contributed by atoms with Gasteiger partial charge in [0.25, 0.3) is 11.5 Å². The van der Waals surface area contributed by atoms with Crippen LogP contribution in [0.25, 0.3) is 5.65 Å². The highest BCUT2D eigenvalue weighted by Crippen LogP contribution is 2.32. The van der Waals surface area contributed by atoms with Crippen molar-refractivity contribution in [3.05, 3.63) is 58.0 Å². The molecule has 3 aromatic heterocycles. The third-order valence-corrected chi connectivity index (χ3v) is 7.34. The first-order valence-electron chi connectivity index (χ1n) is 12.8. The van der Waals surface area contributed by atoms with Crippen molar-refractivity contribution in [2.75, 3.05) is 25.5 Å². The minimum Gasteiger partial charge on any atom is -0.381 e. The molecule has 37 heavy (non-hydrogen) atoms. The first-order chi connectivity index (χ1) is 17.9. The van der Waals surface area contributed by atoms with E-state index in [0.717, 1.165) is 37.6 Å². The minimum absolute atomic E-state index is 0.0330. The topological polar surface area (TPSA) is 111 Å². The van der Waals surface area contributed by atoms with Gasteiger partial charge >= 0.3 is 0 Å². The normalized spacial score (nSPS) is 17.3. The van der Waals surface area contributed by atoms with Crippen molar-refractivity contribution in [1.82, 2.24) is 24.1 Å². The maximum Gasteiger partial charge on any atom is 0.287 e. The third-order valence-electron chi connectivity index (χ3n) is 7.34. The largest absolute Gasteiger partial charge is 0.381 e. The monoisotopic (exact) mass is 510 g/mol. The number of amides is 2. The molecular formula is C26H31FN6O4. The number of halogens is 1. The van der Waals surface area contributed by atoms with Crippen molar-refractivity contribution in [2.45, 2.75) is 63.5 Å². The Hall–Kier alpha value is -3.60. The second-order valence-corrected chi connectivity index (χ2v) is 9.79. The Labute approximate surface area is 213 Å². The number of ether oxygens (including phenoxy) is 1. The van der Waals surface area contributed by atoms with Crippen LogP contribution in [0.2, 0.25) is 0 Å². The summed E-state index contributed by atoms with van der Waals surface area (Å²) < 4.78 is 21.4. The van der Waals surface area contributed by atoms with Gasteiger partial charge in [-0.25, -0.2) is 9.37 Å². The van der Waals surface area contributed by atoms with Crippen LogP contribution in [0, 0.1) is 5.82 Å². The van der Waals surface area contributed by atoms with Crippen molar-refractivity contribution in [3.8, 4) is 0 Å². The predicted molar refractivity (Wildman–Crippen MR) is 134 cm³/mol. The van der Waals surface area contributed by atoms with E-state index in [4.69, 9.17) is 4.74 Å². The highest BCUT2D eigenvalue weighted by Gasteiger charge is 2.28. The summed E-state index contributed by atoms with van der Waals surface area (Å²) in [5.41, 5.74) is 0.723. The van der Waals surface area contributed by atoms with Crippen molar-refractivity contribution >= 4 is 23.3 Å². The van der Waals surface area contributed by atoms with Crippen molar-refractivity contribution in [2.24, 2.45) is 0 Å². The predicted octanol–water partition coefficient (Wildman–Crippen LogP) is 2.97. The molecule has 1 aliphatic carbocycles. The van der Waals surface area contributed by atoms with Crippen LogP contribution in [0.5, 0.6) is 0 Å². The van der Waals surface area contributed by atoms with E-state index in [1.807, 2.05) is 6.07 Å². The molecule has 1 saturated heterocycles. The molecule has 1 N–H and O–H groups in total. The summed E-state index contributed by atoms with van der Waals surface area (Å²) in [7, 11) is 1.66. The standard InChI is InChI=1S/C26H31FN6O4/c1-37-19-9-11-31(12-10-19)25(35)20-15-32(16-23(34)29-22-8-7-18(27)14-28-22)24-13-21(30-33(24)26(20)36)17-5-3-2-4-6-17/h7-8,13-15,17,19H,2-6,9-12,16H2,1H3,(H,28,29,34). The van der Waals surface area contributed by atoms with E-state index >= 15 is 0 Å². The summed E-state index contributed by atoms with van der Waals surface area (Å²) in [4.78, 5) is 45.3. The molecule has 1 saturated carbocycles. The number of nitrogens with one attached hydrogen (secondary N) is 1. The zero-order valence-electron chi connectivity index (χ0n) is 20.9. The van der Waals surface area contributed by atoms with E-state index in [1.54, 1.807) is 16.6 Å². The SMILES string of the molecule is COC1CCN(C(=O)c2cn(CC(=O)Nc3ccc(F)cn3)c3cc(C4CCCCC4)nn3c2=O)CC1. The molecule has 196 valence electrons. The lowest BCUT2D eigenvalue weighted by molar-refractivity contribution is -0.116. The zero-order chi connectivity index (χ0) is 25.9. The summed E-state index contributed by atoms with van der Waals surface area (Å²) in [6.07, 6.45) is 9.34. The van der Waals surface area contributed by atoms with E-state index in [0.29, 0.717) is 31.6 Å². The van der Waals surface area contributed by atoms with E-state index in [-0.39, 0.29) is 35.9 Å². The number of hydrogen-bond donors (Lipinski definition) is 1. The maximum absolute atomic E-state index is 13.5. The van der Waals surface area contributed by atoms with E-state index < -0.39 is 17.3 Å². The van der Waals surface area contributed by atoms with Crippen LogP contribution >= 0.6 is 0 Å². The van der Waals surface area contributed by atoms with Crippen LogP contribution in [0.4, 0.5) is 10.2 Å². The van der Waals surface area contributed by atoms with E-state index in [9.17, 15) is 18.8 Å². The Balaban J connectivity index is 1.48. The molecule has 0 radical (unpaired) electrons. The fourth-order valence-electron chi connectivity index (χ4n) is 5.26. The van der Waals surface area contributed by atoms with Crippen molar-refractivity contribution in [3.63, 3.8) is 0 Å². The fourth-order valence-corrected chi connectivity index (χ4v) is 5.26. The van der Waals surface area contributed by atoms with Gasteiger partial charge in [0.05, 0.1) is 18.0 Å². The van der Waals surface area contributed by atoms with Gasteiger partial charge in [-0.15, -0.1) is 0 Å². The van der Waals surface area contributed by atoms with Crippen molar-refractivity contribution < 1.29 is 18.7 Å².